The topological polar surface area (TPSA) is 188 Å². The van der Waals surface area contributed by atoms with Crippen molar-refractivity contribution in [2.75, 3.05) is 6.54 Å². The third kappa shape index (κ3) is 11.1. The number of carboxylic acid groups (broad SMARTS) is 2. The molecule has 0 spiro atoms. The van der Waals surface area contributed by atoms with Crippen molar-refractivity contribution in [1.29, 1.82) is 0 Å². The molecule has 33 heavy (non-hydrogen) atoms. The Kier molecular flexibility index (Phi) is 11.6. The third-order valence-corrected chi connectivity index (χ3v) is 4.68. The second-order valence-corrected chi connectivity index (χ2v) is 8.10. The van der Waals surface area contributed by atoms with E-state index in [4.69, 9.17) is 10.8 Å². The number of nitrogens with one attached hydrogen (secondary N) is 3. The van der Waals surface area contributed by atoms with Crippen molar-refractivity contribution >= 4 is 29.7 Å². The second-order valence-electron chi connectivity index (χ2n) is 8.10. The van der Waals surface area contributed by atoms with Gasteiger partial charge in [0.15, 0.2) is 0 Å². The van der Waals surface area contributed by atoms with Gasteiger partial charge in [-0.05, 0) is 30.7 Å². The van der Waals surface area contributed by atoms with E-state index in [0.29, 0.717) is 0 Å². The van der Waals surface area contributed by atoms with Crippen LogP contribution in [0.3, 0.4) is 0 Å². The fraction of sp³-hybridized carbons (Fsp3) is 0.500. The van der Waals surface area contributed by atoms with Crippen molar-refractivity contribution in [1.82, 2.24) is 16.0 Å². The van der Waals surface area contributed by atoms with Gasteiger partial charge in [-0.15, -0.1) is 0 Å². The van der Waals surface area contributed by atoms with Crippen molar-refractivity contribution in [3.05, 3.63) is 35.9 Å². The minimum atomic E-state index is -1.28. The van der Waals surface area contributed by atoms with Crippen LogP contribution < -0.4 is 21.7 Å². The summed E-state index contributed by atoms with van der Waals surface area (Å²) in [5, 5.41) is 25.3. The van der Waals surface area contributed by atoms with Gasteiger partial charge in [-0.25, -0.2) is 4.79 Å². The zero-order valence-electron chi connectivity index (χ0n) is 18.7. The predicted molar refractivity (Wildman–Crippen MR) is 119 cm³/mol. The number of carboxylic acids is 2. The molecule has 0 aliphatic heterocycles. The lowest BCUT2D eigenvalue weighted by Crippen LogP contribution is -2.54. The smallest absolute Gasteiger partial charge is 0.326 e. The Morgan fingerprint density at radius 3 is 2.12 bits per heavy atom. The van der Waals surface area contributed by atoms with E-state index in [1.54, 1.807) is 13.8 Å². The molecule has 3 unspecified atom stereocenters. The zero-order valence-corrected chi connectivity index (χ0v) is 18.7. The molecule has 0 aliphatic carbocycles. The molecule has 7 N–H and O–H groups in total. The first-order valence-corrected chi connectivity index (χ1v) is 10.6. The molecule has 11 nitrogen and oxygen atoms in total. The molecule has 1 rings (SSSR count). The van der Waals surface area contributed by atoms with Crippen LogP contribution in [0, 0.1) is 5.92 Å². The second kappa shape index (κ2) is 13.8. The van der Waals surface area contributed by atoms with Crippen molar-refractivity contribution in [2.24, 2.45) is 11.7 Å². The summed E-state index contributed by atoms with van der Waals surface area (Å²) in [4.78, 5) is 59.3. The summed E-state index contributed by atoms with van der Waals surface area (Å²) in [6, 6.07) is 5.73. The predicted octanol–water partition coefficient (Wildman–Crippen LogP) is -0.362. The number of aliphatic carboxylic acids is 2. The fourth-order valence-corrected chi connectivity index (χ4v) is 3.01. The van der Waals surface area contributed by atoms with E-state index in [2.05, 4.69) is 16.0 Å². The number of benzene rings is 1. The Balaban J connectivity index is 2.67. The number of hydrogen-bond donors (Lipinski definition) is 6. The number of nitrogens with two attached hydrogens (primary N) is 1. The van der Waals surface area contributed by atoms with Crippen molar-refractivity contribution in [3.63, 3.8) is 0 Å². The average molecular weight is 465 g/mol. The van der Waals surface area contributed by atoms with E-state index in [-0.39, 0.29) is 25.2 Å². The SMILES string of the molecule is CC(C)CC(NC(=O)C(CCC(=O)O)NC(=O)CNC(=O)C(N)Cc1ccccc1)C(=O)O. The van der Waals surface area contributed by atoms with Gasteiger partial charge in [-0.1, -0.05) is 44.2 Å². The Morgan fingerprint density at radius 1 is 0.939 bits per heavy atom. The maximum absolute atomic E-state index is 12.5. The van der Waals surface area contributed by atoms with Crippen LogP contribution in [-0.4, -0.2) is 64.5 Å². The summed E-state index contributed by atoms with van der Waals surface area (Å²) in [5.41, 5.74) is 6.71. The van der Waals surface area contributed by atoms with E-state index in [9.17, 15) is 29.1 Å². The first-order chi connectivity index (χ1) is 15.5. The number of amides is 3. The Morgan fingerprint density at radius 2 is 1.58 bits per heavy atom. The molecule has 182 valence electrons. The maximum Gasteiger partial charge on any atom is 0.326 e. The standard InChI is InChI=1S/C22H32N4O7/c1-13(2)10-17(22(32)33)26-21(31)16(8-9-19(28)29)25-18(27)12-24-20(30)15(23)11-14-6-4-3-5-7-14/h3-7,13,15-17H,8-12,23H2,1-2H3,(H,24,30)(H,25,27)(H,26,31)(H,28,29)(H,32,33). The van der Waals surface area contributed by atoms with Crippen LogP contribution in [0.4, 0.5) is 0 Å². The highest BCUT2D eigenvalue weighted by molar-refractivity contribution is 5.92. The Bertz CT molecular complexity index is 829. The van der Waals surface area contributed by atoms with Gasteiger partial charge < -0.3 is 31.9 Å². The average Bonchev–Trinajstić information content (AvgIpc) is 2.74. The molecule has 11 heteroatoms. The van der Waals surface area contributed by atoms with Crippen LogP contribution in [0.15, 0.2) is 30.3 Å². The molecule has 3 atom stereocenters. The van der Waals surface area contributed by atoms with Gasteiger partial charge in [0.25, 0.3) is 0 Å². The molecule has 3 amide bonds. The minimum absolute atomic E-state index is 0.0197. The molecule has 0 saturated heterocycles. The van der Waals surface area contributed by atoms with Crippen molar-refractivity contribution in [2.45, 2.75) is 57.7 Å². The quantitative estimate of drug-likeness (QED) is 0.215. The first-order valence-electron chi connectivity index (χ1n) is 10.6. The Labute approximate surface area is 192 Å². The molecule has 0 fully saturated rings. The number of rotatable bonds is 14. The molecule has 0 heterocycles. The highest BCUT2D eigenvalue weighted by Gasteiger charge is 2.27. The van der Waals surface area contributed by atoms with Gasteiger partial charge in [-0.2, -0.15) is 0 Å². The largest absolute Gasteiger partial charge is 0.481 e. The molecule has 0 saturated carbocycles. The lowest BCUT2D eigenvalue weighted by Gasteiger charge is -2.22. The number of hydrogen-bond acceptors (Lipinski definition) is 6. The highest BCUT2D eigenvalue weighted by atomic mass is 16.4. The molecular formula is C22H32N4O7. The molecule has 0 radical (unpaired) electrons. The van der Waals surface area contributed by atoms with Gasteiger partial charge in [0, 0.05) is 6.42 Å². The number of carbonyl (C=O) groups is 5. The zero-order chi connectivity index (χ0) is 25.0. The highest BCUT2D eigenvalue weighted by Crippen LogP contribution is 2.07. The molecule has 0 bridgehead atoms. The minimum Gasteiger partial charge on any atom is -0.481 e. The van der Waals surface area contributed by atoms with Crippen LogP contribution in [-0.2, 0) is 30.4 Å². The molecule has 1 aromatic rings. The van der Waals surface area contributed by atoms with Crippen LogP contribution in [0.5, 0.6) is 0 Å². The van der Waals surface area contributed by atoms with E-state index < -0.39 is 60.8 Å². The molecule has 0 aliphatic rings. The van der Waals surface area contributed by atoms with Crippen LogP contribution in [0.2, 0.25) is 0 Å². The van der Waals surface area contributed by atoms with Gasteiger partial charge in [-0.3, -0.25) is 19.2 Å². The lowest BCUT2D eigenvalue weighted by atomic mass is 10.0. The van der Waals surface area contributed by atoms with Crippen molar-refractivity contribution in [3.8, 4) is 0 Å². The maximum atomic E-state index is 12.5. The lowest BCUT2D eigenvalue weighted by molar-refractivity contribution is -0.143. The van der Waals surface area contributed by atoms with E-state index in [0.717, 1.165) is 5.56 Å². The summed E-state index contributed by atoms with van der Waals surface area (Å²) in [6.45, 7) is 3.10. The van der Waals surface area contributed by atoms with Crippen LogP contribution in [0.25, 0.3) is 0 Å². The van der Waals surface area contributed by atoms with Gasteiger partial charge in [0.1, 0.15) is 12.1 Å². The van der Waals surface area contributed by atoms with E-state index >= 15 is 0 Å². The van der Waals surface area contributed by atoms with Crippen LogP contribution in [0.1, 0.15) is 38.7 Å². The molecule has 1 aromatic carbocycles. The summed E-state index contributed by atoms with van der Waals surface area (Å²) in [6.07, 6.45) is -0.239. The Hall–Kier alpha value is -3.47. The van der Waals surface area contributed by atoms with Gasteiger partial charge >= 0.3 is 11.9 Å². The van der Waals surface area contributed by atoms with Crippen LogP contribution >= 0.6 is 0 Å². The normalized spacial score (nSPS) is 13.5. The molecular weight excluding hydrogens is 432 g/mol. The summed E-state index contributed by atoms with van der Waals surface area (Å²) < 4.78 is 0. The third-order valence-electron chi connectivity index (χ3n) is 4.68. The van der Waals surface area contributed by atoms with Gasteiger partial charge in [0.05, 0.1) is 12.6 Å². The number of carbonyl (C=O) groups excluding carboxylic acids is 3. The van der Waals surface area contributed by atoms with Gasteiger partial charge in [0.2, 0.25) is 17.7 Å². The fourth-order valence-electron chi connectivity index (χ4n) is 3.01. The summed E-state index contributed by atoms with van der Waals surface area (Å²) in [5.74, 6) is -4.56. The van der Waals surface area contributed by atoms with E-state index in [1.165, 1.54) is 0 Å². The molecule has 0 aromatic heterocycles. The van der Waals surface area contributed by atoms with Crippen molar-refractivity contribution < 1.29 is 34.2 Å². The summed E-state index contributed by atoms with van der Waals surface area (Å²) in [7, 11) is 0. The first kappa shape index (κ1) is 27.6. The summed E-state index contributed by atoms with van der Waals surface area (Å²) >= 11 is 0. The van der Waals surface area contributed by atoms with E-state index in [1.807, 2.05) is 30.3 Å². The monoisotopic (exact) mass is 464 g/mol.